The summed E-state index contributed by atoms with van der Waals surface area (Å²) in [5, 5.41) is 0. The molecule has 0 radical (unpaired) electrons. The zero-order chi connectivity index (χ0) is 14.1. The van der Waals surface area contributed by atoms with E-state index in [1.807, 2.05) is 31.2 Å². The van der Waals surface area contributed by atoms with E-state index in [0.29, 0.717) is 12.5 Å². The third-order valence-electron chi connectivity index (χ3n) is 3.84. The van der Waals surface area contributed by atoms with E-state index in [4.69, 9.17) is 0 Å². The summed E-state index contributed by atoms with van der Waals surface area (Å²) in [6, 6.07) is 7.70. The fraction of sp³-hybridized carbons (Fsp3) is 0.375. The molecule has 20 heavy (non-hydrogen) atoms. The van der Waals surface area contributed by atoms with Crippen molar-refractivity contribution in [3.05, 3.63) is 62.9 Å². The molecule has 1 aromatic carbocycles. The Bertz CT molecular complexity index is 739. The summed E-state index contributed by atoms with van der Waals surface area (Å²) < 4.78 is 3.01. The summed E-state index contributed by atoms with van der Waals surface area (Å²) in [6.45, 7) is 2.71. The van der Waals surface area contributed by atoms with E-state index in [-0.39, 0.29) is 0 Å². The van der Waals surface area contributed by atoms with Crippen molar-refractivity contribution in [1.29, 1.82) is 0 Å². The summed E-state index contributed by atoms with van der Waals surface area (Å²) in [5.41, 5.74) is 0.976. The van der Waals surface area contributed by atoms with E-state index in [2.05, 4.69) is 0 Å². The van der Waals surface area contributed by atoms with Crippen LogP contribution in [0.5, 0.6) is 0 Å². The summed E-state index contributed by atoms with van der Waals surface area (Å²) in [6.07, 6.45) is 6.59. The minimum atomic E-state index is -0.464. The maximum absolute atomic E-state index is 12.3. The molecule has 3 rings (SSSR count). The van der Waals surface area contributed by atoms with E-state index in [9.17, 15) is 9.59 Å². The molecule has 0 aliphatic heterocycles. The van der Waals surface area contributed by atoms with Crippen LogP contribution >= 0.6 is 0 Å². The molecule has 0 saturated heterocycles. The normalized spacial score (nSPS) is 14.4. The summed E-state index contributed by atoms with van der Waals surface area (Å²) in [7, 11) is 0. The molecule has 104 valence electrons. The Balaban J connectivity index is 2.08. The highest BCUT2D eigenvalue weighted by Crippen LogP contribution is 2.29. The molecule has 4 heteroatoms. The van der Waals surface area contributed by atoms with Crippen molar-refractivity contribution >= 4 is 0 Å². The fourth-order valence-corrected chi connectivity index (χ4v) is 2.47. The van der Waals surface area contributed by atoms with Crippen LogP contribution in [-0.4, -0.2) is 9.13 Å². The number of rotatable bonds is 4. The lowest BCUT2D eigenvalue weighted by Gasteiger charge is -2.11. The van der Waals surface area contributed by atoms with Gasteiger partial charge in [0, 0.05) is 18.9 Å². The van der Waals surface area contributed by atoms with Crippen LogP contribution in [-0.2, 0) is 13.0 Å². The molecule has 2 aromatic rings. The maximum atomic E-state index is 12.3. The van der Waals surface area contributed by atoms with Crippen LogP contribution < -0.4 is 11.1 Å². The predicted molar refractivity (Wildman–Crippen MR) is 78.4 cm³/mol. The maximum Gasteiger partial charge on any atom is 0.320 e. The van der Waals surface area contributed by atoms with Gasteiger partial charge in [-0.2, -0.15) is 0 Å². The highest BCUT2D eigenvalue weighted by Gasteiger charge is 2.22. The smallest absolute Gasteiger partial charge is 0.309 e. The molecule has 4 nitrogen and oxygen atoms in total. The van der Waals surface area contributed by atoms with Gasteiger partial charge in [0.25, 0.3) is 0 Å². The minimum absolute atomic E-state index is 0.426. The van der Waals surface area contributed by atoms with Gasteiger partial charge < -0.3 is 4.57 Å². The Morgan fingerprint density at radius 1 is 1.10 bits per heavy atom. The van der Waals surface area contributed by atoms with Gasteiger partial charge in [0.15, 0.2) is 0 Å². The van der Waals surface area contributed by atoms with Gasteiger partial charge in [-0.15, -0.1) is 0 Å². The molecule has 0 spiro atoms. The summed E-state index contributed by atoms with van der Waals surface area (Å²) in [4.78, 5) is 24.4. The third-order valence-corrected chi connectivity index (χ3v) is 3.84. The van der Waals surface area contributed by atoms with Crippen molar-refractivity contribution in [2.45, 2.75) is 32.7 Å². The monoisotopic (exact) mass is 270 g/mol. The molecule has 0 atom stereocenters. The zero-order valence-corrected chi connectivity index (χ0v) is 11.6. The minimum Gasteiger partial charge on any atom is -0.309 e. The third kappa shape index (κ3) is 2.33. The van der Waals surface area contributed by atoms with Gasteiger partial charge in [0.2, 0.25) is 0 Å². The molecule has 1 saturated carbocycles. The lowest BCUT2D eigenvalue weighted by atomic mass is 10.1. The molecule has 0 N–H and O–H groups in total. The highest BCUT2D eigenvalue weighted by atomic mass is 16.2. The van der Waals surface area contributed by atoms with Crippen LogP contribution in [0, 0.1) is 5.92 Å². The van der Waals surface area contributed by atoms with Crippen molar-refractivity contribution in [3.8, 4) is 5.69 Å². The second-order valence-electron chi connectivity index (χ2n) is 5.36. The van der Waals surface area contributed by atoms with Crippen LogP contribution in [0.4, 0.5) is 0 Å². The van der Waals surface area contributed by atoms with Gasteiger partial charge in [-0.3, -0.25) is 14.2 Å². The van der Waals surface area contributed by atoms with Crippen molar-refractivity contribution in [1.82, 2.24) is 9.13 Å². The standard InChI is InChI=1S/C16H18N2O2/c1-2-13-5-3-4-6-14(13)18-10-9-17(11-12-7-8-12)15(19)16(18)20/h3-6,9-10,12H,2,7-8,11H2,1H3. The van der Waals surface area contributed by atoms with E-state index in [1.54, 1.807) is 17.0 Å². The average molecular weight is 270 g/mol. The van der Waals surface area contributed by atoms with Crippen LogP contribution in [0.3, 0.4) is 0 Å². The lowest BCUT2D eigenvalue weighted by molar-refractivity contribution is 0.591. The van der Waals surface area contributed by atoms with E-state index in [0.717, 1.165) is 30.5 Å². The van der Waals surface area contributed by atoms with Crippen LogP contribution in [0.2, 0.25) is 0 Å². The average Bonchev–Trinajstić information content (AvgIpc) is 3.28. The SMILES string of the molecule is CCc1ccccc1-n1ccn(CC2CC2)c(=O)c1=O. The Morgan fingerprint density at radius 3 is 2.55 bits per heavy atom. The van der Waals surface area contributed by atoms with Crippen molar-refractivity contribution in [2.75, 3.05) is 0 Å². The topological polar surface area (TPSA) is 44.0 Å². The van der Waals surface area contributed by atoms with Crippen LogP contribution in [0.25, 0.3) is 5.69 Å². The molecule has 0 unspecified atom stereocenters. The van der Waals surface area contributed by atoms with Gasteiger partial charge >= 0.3 is 11.1 Å². The Labute approximate surface area is 117 Å². The molecule has 0 bridgehead atoms. The molecule has 1 heterocycles. The molecular formula is C16H18N2O2. The lowest BCUT2D eigenvalue weighted by Crippen LogP contribution is -2.40. The van der Waals surface area contributed by atoms with Crippen LogP contribution in [0.15, 0.2) is 46.2 Å². The first-order valence-electron chi connectivity index (χ1n) is 7.11. The van der Waals surface area contributed by atoms with E-state index < -0.39 is 11.1 Å². The van der Waals surface area contributed by atoms with Gasteiger partial charge in [0.1, 0.15) is 0 Å². The van der Waals surface area contributed by atoms with Gasteiger partial charge in [-0.05, 0) is 36.8 Å². The molecule has 1 fully saturated rings. The fourth-order valence-electron chi connectivity index (χ4n) is 2.47. The summed E-state index contributed by atoms with van der Waals surface area (Å²) in [5.74, 6) is 0.575. The Hall–Kier alpha value is -2.10. The van der Waals surface area contributed by atoms with Gasteiger partial charge in [-0.25, -0.2) is 0 Å². The molecular weight excluding hydrogens is 252 g/mol. The molecule has 1 aliphatic carbocycles. The van der Waals surface area contributed by atoms with Gasteiger partial charge in [0.05, 0.1) is 5.69 Å². The number of para-hydroxylation sites is 1. The molecule has 1 aliphatic rings. The first-order chi connectivity index (χ1) is 9.70. The highest BCUT2D eigenvalue weighted by molar-refractivity contribution is 5.40. The Kier molecular flexibility index (Phi) is 3.30. The van der Waals surface area contributed by atoms with E-state index in [1.165, 1.54) is 4.57 Å². The zero-order valence-electron chi connectivity index (χ0n) is 11.6. The molecule has 0 amide bonds. The molecule has 1 aromatic heterocycles. The number of benzene rings is 1. The number of hydrogen-bond donors (Lipinski definition) is 0. The first kappa shape index (κ1) is 12.9. The first-order valence-corrected chi connectivity index (χ1v) is 7.11. The summed E-state index contributed by atoms with van der Waals surface area (Å²) >= 11 is 0. The number of aryl methyl sites for hydroxylation is 1. The van der Waals surface area contributed by atoms with Crippen molar-refractivity contribution in [3.63, 3.8) is 0 Å². The van der Waals surface area contributed by atoms with Crippen molar-refractivity contribution in [2.24, 2.45) is 5.92 Å². The Morgan fingerprint density at radius 2 is 1.85 bits per heavy atom. The second kappa shape index (κ2) is 5.12. The number of aromatic nitrogens is 2. The quantitative estimate of drug-likeness (QED) is 0.797. The number of hydrogen-bond acceptors (Lipinski definition) is 2. The predicted octanol–water partition coefficient (Wildman–Crippen LogP) is 1.97. The van der Waals surface area contributed by atoms with Crippen LogP contribution in [0.1, 0.15) is 25.3 Å². The van der Waals surface area contributed by atoms with E-state index >= 15 is 0 Å². The van der Waals surface area contributed by atoms with Crippen molar-refractivity contribution < 1.29 is 0 Å². The van der Waals surface area contributed by atoms with Gasteiger partial charge in [-0.1, -0.05) is 25.1 Å². The second-order valence-corrected chi connectivity index (χ2v) is 5.36. The largest absolute Gasteiger partial charge is 0.320 e. The number of nitrogens with zero attached hydrogens (tertiary/aromatic N) is 2.